The number of para-hydroxylation sites is 1. The Morgan fingerprint density at radius 3 is 2.24 bits per heavy atom. The molecule has 3 aromatic rings. The van der Waals surface area contributed by atoms with Crippen LogP contribution in [0.15, 0.2) is 60.9 Å². The number of hydrogen-bond acceptors (Lipinski definition) is 3. The summed E-state index contributed by atoms with van der Waals surface area (Å²) in [6.07, 6.45) is 3.27. The molecule has 1 amide bonds. The van der Waals surface area contributed by atoms with Crippen molar-refractivity contribution in [2.24, 2.45) is 0 Å². The molecule has 2 aromatic carbocycles. The molecule has 0 atom stereocenters. The van der Waals surface area contributed by atoms with E-state index in [0.717, 1.165) is 28.2 Å². The first-order valence-corrected chi connectivity index (χ1v) is 8.19. The Labute approximate surface area is 147 Å². The van der Waals surface area contributed by atoms with Gasteiger partial charge in [-0.2, -0.15) is 0 Å². The number of aryl methyl sites for hydroxylation is 3. The van der Waals surface area contributed by atoms with E-state index in [0.29, 0.717) is 5.56 Å². The number of carbonyl (C=O) groups is 1. The Balaban J connectivity index is 1.80. The van der Waals surface area contributed by atoms with Crippen LogP contribution in [0.3, 0.4) is 0 Å². The summed E-state index contributed by atoms with van der Waals surface area (Å²) in [5, 5.41) is 6.26. The molecule has 0 aliphatic heterocycles. The van der Waals surface area contributed by atoms with E-state index in [9.17, 15) is 4.79 Å². The average Bonchev–Trinajstić information content (AvgIpc) is 2.59. The monoisotopic (exact) mass is 331 g/mol. The van der Waals surface area contributed by atoms with Crippen LogP contribution >= 0.6 is 0 Å². The zero-order valence-electron chi connectivity index (χ0n) is 14.6. The second-order valence-electron chi connectivity index (χ2n) is 6.18. The quantitative estimate of drug-likeness (QED) is 0.707. The second-order valence-corrected chi connectivity index (χ2v) is 6.18. The van der Waals surface area contributed by atoms with Crippen molar-refractivity contribution >= 4 is 23.0 Å². The molecule has 126 valence electrons. The molecular formula is C21H21N3O. The molecule has 0 fully saturated rings. The summed E-state index contributed by atoms with van der Waals surface area (Å²) in [5.41, 5.74) is 6.39. The smallest absolute Gasteiger partial charge is 0.257 e. The van der Waals surface area contributed by atoms with Crippen LogP contribution in [0.25, 0.3) is 0 Å². The molecule has 3 rings (SSSR count). The van der Waals surface area contributed by atoms with Gasteiger partial charge in [0.2, 0.25) is 0 Å². The summed E-state index contributed by atoms with van der Waals surface area (Å²) in [5.74, 6) is -0.167. The first-order valence-electron chi connectivity index (χ1n) is 8.19. The Morgan fingerprint density at radius 2 is 1.56 bits per heavy atom. The van der Waals surface area contributed by atoms with Crippen LogP contribution in [-0.2, 0) is 0 Å². The zero-order chi connectivity index (χ0) is 17.8. The van der Waals surface area contributed by atoms with Gasteiger partial charge < -0.3 is 10.6 Å². The number of carbonyl (C=O) groups excluding carboxylic acids is 1. The van der Waals surface area contributed by atoms with Gasteiger partial charge >= 0.3 is 0 Å². The highest BCUT2D eigenvalue weighted by atomic mass is 16.1. The molecule has 0 aliphatic carbocycles. The summed E-state index contributed by atoms with van der Waals surface area (Å²) in [6, 6.07) is 15.7. The molecular weight excluding hydrogens is 310 g/mol. The van der Waals surface area contributed by atoms with Crippen LogP contribution < -0.4 is 10.6 Å². The Hall–Kier alpha value is -3.14. The zero-order valence-corrected chi connectivity index (χ0v) is 14.6. The largest absolute Gasteiger partial charge is 0.354 e. The lowest BCUT2D eigenvalue weighted by molar-refractivity contribution is 0.102. The summed E-state index contributed by atoms with van der Waals surface area (Å²) in [6.45, 7) is 6.05. The first kappa shape index (κ1) is 16.7. The fourth-order valence-electron chi connectivity index (χ4n) is 2.88. The van der Waals surface area contributed by atoms with E-state index in [1.807, 2.05) is 51.1 Å². The number of nitrogens with zero attached hydrogens (tertiary/aromatic N) is 1. The topological polar surface area (TPSA) is 54.0 Å². The molecule has 0 saturated carbocycles. The van der Waals surface area contributed by atoms with Gasteiger partial charge in [-0.3, -0.25) is 9.78 Å². The summed E-state index contributed by atoms with van der Waals surface area (Å²) in [4.78, 5) is 16.8. The van der Waals surface area contributed by atoms with E-state index in [1.54, 1.807) is 18.5 Å². The molecule has 4 heteroatoms. The normalized spacial score (nSPS) is 10.4. The predicted molar refractivity (Wildman–Crippen MR) is 103 cm³/mol. The van der Waals surface area contributed by atoms with E-state index >= 15 is 0 Å². The van der Waals surface area contributed by atoms with Crippen molar-refractivity contribution in [3.8, 4) is 0 Å². The third-order valence-corrected chi connectivity index (χ3v) is 3.98. The Morgan fingerprint density at radius 1 is 0.880 bits per heavy atom. The molecule has 1 heterocycles. The number of nitrogens with one attached hydrogen (secondary N) is 2. The lowest BCUT2D eigenvalue weighted by Crippen LogP contribution is -2.14. The maximum atomic E-state index is 12.6. The van der Waals surface area contributed by atoms with E-state index in [4.69, 9.17) is 0 Å². The molecule has 1 aromatic heterocycles. The van der Waals surface area contributed by atoms with Crippen molar-refractivity contribution < 1.29 is 4.79 Å². The molecule has 0 saturated heterocycles. The van der Waals surface area contributed by atoms with Crippen LogP contribution in [0.2, 0.25) is 0 Å². The minimum Gasteiger partial charge on any atom is -0.354 e. The van der Waals surface area contributed by atoms with Crippen molar-refractivity contribution in [1.82, 2.24) is 4.98 Å². The highest BCUT2D eigenvalue weighted by Gasteiger charge is 2.11. The van der Waals surface area contributed by atoms with E-state index in [2.05, 4.69) is 27.8 Å². The van der Waals surface area contributed by atoms with Crippen LogP contribution in [0.5, 0.6) is 0 Å². The van der Waals surface area contributed by atoms with Crippen molar-refractivity contribution in [2.45, 2.75) is 20.8 Å². The third-order valence-electron chi connectivity index (χ3n) is 3.98. The second kappa shape index (κ2) is 7.18. The van der Waals surface area contributed by atoms with Gasteiger partial charge in [-0.25, -0.2) is 0 Å². The average molecular weight is 331 g/mol. The number of benzene rings is 2. The van der Waals surface area contributed by atoms with Crippen LogP contribution in [0.4, 0.5) is 17.1 Å². The fourth-order valence-corrected chi connectivity index (χ4v) is 2.88. The van der Waals surface area contributed by atoms with Gasteiger partial charge in [-0.05, 0) is 50.1 Å². The van der Waals surface area contributed by atoms with Crippen LogP contribution in [0, 0.1) is 20.8 Å². The number of amides is 1. The SMILES string of the molecule is Cc1cc(C)c(NC(=O)c2cncc(Nc3ccccc3)c2)c(C)c1. The fraction of sp³-hybridized carbons (Fsp3) is 0.143. The number of anilines is 3. The van der Waals surface area contributed by atoms with Crippen LogP contribution in [-0.4, -0.2) is 10.9 Å². The number of hydrogen-bond donors (Lipinski definition) is 2. The van der Waals surface area contributed by atoms with Crippen molar-refractivity contribution in [3.05, 3.63) is 83.2 Å². The van der Waals surface area contributed by atoms with Crippen molar-refractivity contribution in [1.29, 1.82) is 0 Å². The standard InChI is InChI=1S/C21H21N3O/c1-14-9-15(2)20(16(3)10-14)24-21(25)17-11-19(13-22-12-17)23-18-7-5-4-6-8-18/h4-13,23H,1-3H3,(H,24,25). The van der Waals surface area contributed by atoms with Crippen molar-refractivity contribution in [3.63, 3.8) is 0 Å². The van der Waals surface area contributed by atoms with Gasteiger partial charge in [0.25, 0.3) is 5.91 Å². The molecule has 0 aliphatic rings. The van der Waals surface area contributed by atoms with Gasteiger partial charge in [0.15, 0.2) is 0 Å². The Kier molecular flexibility index (Phi) is 4.80. The lowest BCUT2D eigenvalue weighted by atomic mass is 10.0. The van der Waals surface area contributed by atoms with Crippen LogP contribution in [0.1, 0.15) is 27.0 Å². The lowest BCUT2D eigenvalue weighted by Gasteiger charge is -2.13. The molecule has 0 spiro atoms. The molecule has 4 nitrogen and oxygen atoms in total. The minimum absolute atomic E-state index is 0.167. The summed E-state index contributed by atoms with van der Waals surface area (Å²) in [7, 11) is 0. The number of pyridine rings is 1. The molecule has 0 radical (unpaired) electrons. The molecule has 0 bridgehead atoms. The maximum absolute atomic E-state index is 12.6. The molecule has 2 N–H and O–H groups in total. The van der Waals surface area contributed by atoms with E-state index in [1.165, 1.54) is 5.56 Å². The predicted octanol–water partition coefficient (Wildman–Crippen LogP) is 5.00. The van der Waals surface area contributed by atoms with Gasteiger partial charge in [-0.15, -0.1) is 0 Å². The maximum Gasteiger partial charge on any atom is 0.257 e. The number of aromatic nitrogens is 1. The first-order chi connectivity index (χ1) is 12.0. The molecule has 25 heavy (non-hydrogen) atoms. The summed E-state index contributed by atoms with van der Waals surface area (Å²) < 4.78 is 0. The van der Waals surface area contributed by atoms with Gasteiger partial charge in [0, 0.05) is 17.6 Å². The van der Waals surface area contributed by atoms with Gasteiger partial charge in [-0.1, -0.05) is 35.9 Å². The highest BCUT2D eigenvalue weighted by Crippen LogP contribution is 2.23. The summed E-state index contributed by atoms with van der Waals surface area (Å²) >= 11 is 0. The van der Waals surface area contributed by atoms with E-state index in [-0.39, 0.29) is 5.91 Å². The Bertz CT molecular complexity index is 881. The third kappa shape index (κ3) is 4.04. The highest BCUT2D eigenvalue weighted by molar-refractivity contribution is 6.05. The minimum atomic E-state index is -0.167. The van der Waals surface area contributed by atoms with E-state index < -0.39 is 0 Å². The van der Waals surface area contributed by atoms with Gasteiger partial charge in [0.05, 0.1) is 17.4 Å². The van der Waals surface area contributed by atoms with Crippen molar-refractivity contribution in [2.75, 3.05) is 10.6 Å². The molecule has 0 unspecified atom stereocenters. The van der Waals surface area contributed by atoms with Gasteiger partial charge in [0.1, 0.15) is 0 Å². The number of rotatable bonds is 4.